The lowest BCUT2D eigenvalue weighted by atomic mass is 9.74. The van der Waals surface area contributed by atoms with Crippen molar-refractivity contribution in [3.8, 4) is 10.6 Å². The summed E-state index contributed by atoms with van der Waals surface area (Å²) in [5.41, 5.74) is 2.03. The monoisotopic (exact) mass is 470 g/mol. The minimum Gasteiger partial charge on any atom is -0.481 e. The van der Waals surface area contributed by atoms with Crippen molar-refractivity contribution < 1.29 is 14.7 Å². The van der Waals surface area contributed by atoms with Crippen molar-refractivity contribution in [1.29, 1.82) is 0 Å². The van der Waals surface area contributed by atoms with Gasteiger partial charge in [0, 0.05) is 44.2 Å². The summed E-state index contributed by atoms with van der Waals surface area (Å²) in [6.45, 7) is 2.76. The van der Waals surface area contributed by atoms with Crippen LogP contribution in [0, 0.1) is 11.3 Å². The number of carbonyl (C=O) groups excluding carboxylic acids is 1. The highest BCUT2D eigenvalue weighted by molar-refractivity contribution is 7.13. The van der Waals surface area contributed by atoms with Gasteiger partial charge >= 0.3 is 5.97 Å². The lowest BCUT2D eigenvalue weighted by Gasteiger charge is -2.50. The van der Waals surface area contributed by atoms with Crippen molar-refractivity contribution in [3.63, 3.8) is 0 Å². The number of hydrogen-bond donors (Lipinski definition) is 2. The van der Waals surface area contributed by atoms with Crippen LogP contribution in [-0.4, -0.2) is 57.3 Å². The Morgan fingerprint density at radius 2 is 2.12 bits per heavy atom. The van der Waals surface area contributed by atoms with Crippen LogP contribution in [0.25, 0.3) is 10.6 Å². The maximum Gasteiger partial charge on any atom is 0.303 e. The molecule has 4 fully saturated rings. The normalized spacial score (nSPS) is 28.2. The quantitative estimate of drug-likeness (QED) is 0.612. The molecule has 0 radical (unpaired) electrons. The first-order valence-corrected chi connectivity index (χ1v) is 13.1. The van der Waals surface area contributed by atoms with E-state index in [4.69, 9.17) is 5.10 Å². The molecule has 0 aromatic carbocycles. The van der Waals surface area contributed by atoms with E-state index in [2.05, 4.69) is 45.5 Å². The molecule has 4 atom stereocenters. The van der Waals surface area contributed by atoms with Crippen molar-refractivity contribution in [1.82, 2.24) is 20.0 Å². The molecule has 5 heterocycles. The first kappa shape index (κ1) is 22.6. The van der Waals surface area contributed by atoms with Crippen molar-refractivity contribution >= 4 is 23.2 Å². The molecule has 4 unspecified atom stereocenters. The zero-order chi connectivity index (χ0) is 23.0. The molecular weight excluding hydrogens is 436 g/mol. The summed E-state index contributed by atoms with van der Waals surface area (Å²) < 4.78 is 2.06. The highest BCUT2D eigenvalue weighted by Gasteiger charge is 2.42. The van der Waals surface area contributed by atoms with Crippen molar-refractivity contribution in [2.24, 2.45) is 18.4 Å². The van der Waals surface area contributed by atoms with Crippen LogP contribution in [0.5, 0.6) is 0 Å². The van der Waals surface area contributed by atoms with Gasteiger partial charge in [-0.25, -0.2) is 0 Å². The Balaban J connectivity index is 1.18. The van der Waals surface area contributed by atoms with Crippen LogP contribution in [0.2, 0.25) is 0 Å². The summed E-state index contributed by atoms with van der Waals surface area (Å²) in [5.74, 6) is 0.319. The smallest absolute Gasteiger partial charge is 0.303 e. The number of carboxylic acid groups (broad SMARTS) is 1. The molecule has 2 bridgehead atoms. The third-order valence-electron chi connectivity index (χ3n) is 8.21. The molecule has 178 valence electrons. The van der Waals surface area contributed by atoms with E-state index in [1.807, 2.05) is 0 Å². The van der Waals surface area contributed by atoms with Gasteiger partial charge < -0.3 is 10.4 Å². The topological polar surface area (TPSA) is 87.5 Å². The second-order valence-corrected chi connectivity index (χ2v) is 11.3. The minimum absolute atomic E-state index is 0.0181. The van der Waals surface area contributed by atoms with Crippen LogP contribution in [0.4, 0.5) is 0 Å². The summed E-state index contributed by atoms with van der Waals surface area (Å²) in [7, 11) is 2.05. The Hall–Kier alpha value is -2.19. The minimum atomic E-state index is -0.788. The molecule has 0 spiro atoms. The van der Waals surface area contributed by atoms with E-state index in [0.717, 1.165) is 50.9 Å². The average molecular weight is 471 g/mol. The number of fused-ring (bicyclic) bond motifs is 3. The molecule has 7 nitrogen and oxygen atoms in total. The third kappa shape index (κ3) is 4.73. The van der Waals surface area contributed by atoms with Gasteiger partial charge in [0.05, 0.1) is 11.3 Å². The first-order chi connectivity index (χ1) is 15.9. The number of carbonyl (C=O) groups is 2. The molecule has 1 aliphatic carbocycles. The lowest BCUT2D eigenvalue weighted by molar-refractivity contribution is -0.140. The van der Waals surface area contributed by atoms with Gasteiger partial charge in [0.15, 0.2) is 0 Å². The second kappa shape index (κ2) is 9.22. The van der Waals surface area contributed by atoms with Gasteiger partial charge in [0.2, 0.25) is 5.91 Å². The Bertz CT molecular complexity index is 995. The number of carboxylic acids is 1. The van der Waals surface area contributed by atoms with Crippen molar-refractivity contribution in [2.45, 2.75) is 63.3 Å². The van der Waals surface area contributed by atoms with E-state index in [9.17, 15) is 14.7 Å². The number of hydrogen-bond acceptors (Lipinski definition) is 5. The molecule has 1 saturated carbocycles. The van der Waals surface area contributed by atoms with Gasteiger partial charge in [-0.1, -0.05) is 18.9 Å². The van der Waals surface area contributed by atoms with Gasteiger partial charge in [-0.05, 0) is 61.1 Å². The summed E-state index contributed by atoms with van der Waals surface area (Å²) >= 11 is 1.72. The number of thiophene rings is 1. The maximum absolute atomic E-state index is 12.7. The molecule has 1 amide bonds. The molecule has 2 aromatic heterocycles. The van der Waals surface area contributed by atoms with E-state index >= 15 is 0 Å². The Morgan fingerprint density at radius 3 is 2.79 bits per heavy atom. The summed E-state index contributed by atoms with van der Waals surface area (Å²) in [6, 6.07) is 6.82. The van der Waals surface area contributed by atoms with Crippen LogP contribution >= 0.6 is 11.3 Å². The second-order valence-electron chi connectivity index (χ2n) is 10.4. The van der Waals surface area contributed by atoms with Gasteiger partial charge in [-0.15, -0.1) is 11.3 Å². The summed E-state index contributed by atoms with van der Waals surface area (Å²) in [6.07, 6.45) is 6.50. The van der Waals surface area contributed by atoms with Crippen LogP contribution < -0.4 is 5.32 Å². The molecule has 2 aromatic rings. The molecule has 4 aliphatic rings. The Labute approximate surface area is 199 Å². The lowest BCUT2D eigenvalue weighted by Crippen LogP contribution is -2.56. The number of aliphatic carboxylic acids is 1. The number of amides is 1. The van der Waals surface area contributed by atoms with E-state index in [1.165, 1.54) is 17.0 Å². The van der Waals surface area contributed by atoms with Crippen LogP contribution in [0.1, 0.15) is 63.0 Å². The van der Waals surface area contributed by atoms with E-state index in [-0.39, 0.29) is 17.7 Å². The molecule has 8 heteroatoms. The summed E-state index contributed by atoms with van der Waals surface area (Å²) in [4.78, 5) is 27.8. The molecule has 6 rings (SSSR count). The van der Waals surface area contributed by atoms with Gasteiger partial charge in [0.25, 0.3) is 0 Å². The van der Waals surface area contributed by atoms with E-state index in [0.29, 0.717) is 30.8 Å². The average Bonchev–Trinajstić information content (AvgIpc) is 3.54. The van der Waals surface area contributed by atoms with Crippen LogP contribution in [-0.2, 0) is 16.6 Å². The highest BCUT2D eigenvalue weighted by atomic mass is 32.1. The molecule has 33 heavy (non-hydrogen) atoms. The number of nitrogens with one attached hydrogen (secondary N) is 1. The Morgan fingerprint density at radius 1 is 1.30 bits per heavy atom. The molecule has 2 N–H and O–H groups in total. The fourth-order valence-corrected chi connectivity index (χ4v) is 7.24. The number of piperidine rings is 3. The zero-order valence-electron chi connectivity index (χ0n) is 19.3. The standard InChI is InChI=1S/C25H34N4O3S/c1-28-21(12-20(27-28)22-5-4-10-33-22)19-16-29-9-6-17(19)11-18(29)15-26-23(30)13-25(14-24(31)32)7-2-3-8-25/h4-5,10,12,17-19H,2-3,6-9,11,13-16H2,1H3,(H,26,30)(H,31,32). The maximum atomic E-state index is 12.7. The third-order valence-corrected chi connectivity index (χ3v) is 9.10. The fraction of sp³-hybridized carbons (Fsp3) is 0.640. The van der Waals surface area contributed by atoms with Gasteiger partial charge in [-0.3, -0.25) is 19.2 Å². The van der Waals surface area contributed by atoms with Crippen LogP contribution in [0.3, 0.4) is 0 Å². The van der Waals surface area contributed by atoms with Gasteiger partial charge in [0.1, 0.15) is 5.69 Å². The zero-order valence-corrected chi connectivity index (χ0v) is 20.1. The van der Waals surface area contributed by atoms with E-state index in [1.54, 1.807) is 11.3 Å². The van der Waals surface area contributed by atoms with Crippen molar-refractivity contribution in [2.75, 3.05) is 19.6 Å². The van der Waals surface area contributed by atoms with Crippen LogP contribution in [0.15, 0.2) is 23.6 Å². The highest BCUT2D eigenvalue weighted by Crippen LogP contribution is 2.45. The fourth-order valence-electron chi connectivity index (χ4n) is 6.56. The number of rotatable bonds is 8. The number of nitrogens with zero attached hydrogens (tertiary/aromatic N) is 3. The van der Waals surface area contributed by atoms with E-state index < -0.39 is 5.97 Å². The van der Waals surface area contributed by atoms with Crippen molar-refractivity contribution in [3.05, 3.63) is 29.3 Å². The Kier molecular flexibility index (Phi) is 6.31. The predicted octanol–water partition coefficient (Wildman–Crippen LogP) is 3.87. The first-order valence-electron chi connectivity index (χ1n) is 12.2. The SMILES string of the molecule is Cn1nc(-c2cccs2)cc1C1CN2CCC1CC2CNC(=O)CC1(CC(=O)O)CCCC1. The summed E-state index contributed by atoms with van der Waals surface area (Å²) in [5, 5.41) is 19.3. The molecule has 3 saturated heterocycles. The number of aryl methyl sites for hydroxylation is 1. The molecule has 3 aliphatic heterocycles. The van der Waals surface area contributed by atoms with Gasteiger partial charge in [-0.2, -0.15) is 5.10 Å². The predicted molar refractivity (Wildman–Crippen MR) is 128 cm³/mol. The largest absolute Gasteiger partial charge is 0.481 e. The molecular formula is C25H34N4O3S. The number of aromatic nitrogens is 2.